The van der Waals surface area contributed by atoms with Crippen molar-refractivity contribution in [1.82, 2.24) is 4.98 Å². The Morgan fingerprint density at radius 1 is 0.952 bits per heavy atom. The first-order valence-electron chi connectivity index (χ1n) is 5.93. The van der Waals surface area contributed by atoms with E-state index in [1.165, 1.54) is 6.07 Å². The number of carbonyl (C=O) groups excluding carboxylic acids is 1. The zero-order valence-electron chi connectivity index (χ0n) is 10.4. The van der Waals surface area contributed by atoms with Gasteiger partial charge in [-0.25, -0.2) is 17.6 Å². The summed E-state index contributed by atoms with van der Waals surface area (Å²) in [4.78, 5) is 13.7. The van der Waals surface area contributed by atoms with Crippen LogP contribution in [-0.4, -0.2) is 11.3 Å². The number of aromatic amines is 1. The van der Waals surface area contributed by atoms with Crippen molar-refractivity contribution in [3.05, 3.63) is 59.2 Å². The molecular weight excluding hydrogens is 286 g/mol. The lowest BCUT2D eigenvalue weighted by Gasteiger charge is -2.02. The first-order valence-corrected chi connectivity index (χ1v) is 5.93. The highest BCUT2D eigenvalue weighted by atomic mass is 19.2. The molecule has 0 unspecified atom stereocenters. The first-order chi connectivity index (χ1) is 10.0. The second kappa shape index (κ2) is 4.73. The maximum atomic E-state index is 13.8. The molecule has 1 heterocycles. The van der Waals surface area contributed by atoms with Gasteiger partial charge in [-0.15, -0.1) is 0 Å². The molecule has 0 atom stereocenters. The number of hydrogen-bond donors (Lipinski definition) is 1. The van der Waals surface area contributed by atoms with Gasteiger partial charge in [-0.05, 0) is 30.3 Å². The van der Waals surface area contributed by atoms with Crippen molar-refractivity contribution in [2.75, 3.05) is 0 Å². The smallest absolute Gasteiger partial charge is 0.182 e. The molecule has 1 N–H and O–H groups in total. The van der Waals surface area contributed by atoms with E-state index in [9.17, 15) is 22.4 Å². The standard InChI is InChI=1S/C15H7F4NO/c16-7-1-3-11(17)9(5-7)14-10(6-21)8-2-4-12(18)13(19)15(8)20-14/h1-6,20H. The molecule has 0 aliphatic carbocycles. The van der Waals surface area contributed by atoms with E-state index in [1.807, 2.05) is 0 Å². The van der Waals surface area contributed by atoms with Gasteiger partial charge in [-0.2, -0.15) is 0 Å². The number of H-pyrrole nitrogens is 1. The zero-order chi connectivity index (χ0) is 15.1. The average molecular weight is 293 g/mol. The highest BCUT2D eigenvalue weighted by molar-refractivity contribution is 6.04. The lowest BCUT2D eigenvalue weighted by molar-refractivity contribution is 0.112. The second-order valence-electron chi connectivity index (χ2n) is 4.44. The average Bonchev–Trinajstić information content (AvgIpc) is 2.84. The molecule has 3 aromatic rings. The van der Waals surface area contributed by atoms with Gasteiger partial charge in [-0.3, -0.25) is 4.79 Å². The van der Waals surface area contributed by atoms with Crippen molar-refractivity contribution < 1.29 is 22.4 Å². The zero-order valence-corrected chi connectivity index (χ0v) is 10.4. The van der Waals surface area contributed by atoms with Crippen molar-refractivity contribution >= 4 is 17.2 Å². The maximum Gasteiger partial charge on any atom is 0.182 e. The summed E-state index contributed by atoms with van der Waals surface area (Å²) in [5.41, 5.74) is -0.654. The van der Waals surface area contributed by atoms with Crippen LogP contribution in [0.3, 0.4) is 0 Å². The van der Waals surface area contributed by atoms with Crippen molar-refractivity contribution in [2.45, 2.75) is 0 Å². The molecule has 106 valence electrons. The van der Waals surface area contributed by atoms with Gasteiger partial charge in [0.05, 0.1) is 11.2 Å². The molecule has 0 aliphatic rings. The van der Waals surface area contributed by atoms with Crippen LogP contribution in [0.5, 0.6) is 0 Å². The number of halogens is 4. The number of aldehydes is 1. The summed E-state index contributed by atoms with van der Waals surface area (Å²) in [6.45, 7) is 0. The summed E-state index contributed by atoms with van der Waals surface area (Å²) in [5, 5.41) is 0.0996. The summed E-state index contributed by atoms with van der Waals surface area (Å²) in [6, 6.07) is 4.75. The number of benzene rings is 2. The Balaban J connectivity index is 2.40. The Morgan fingerprint density at radius 2 is 1.67 bits per heavy atom. The lowest BCUT2D eigenvalue weighted by Crippen LogP contribution is -1.90. The fraction of sp³-hybridized carbons (Fsp3) is 0. The molecule has 1 aromatic heterocycles. The number of hydrogen-bond acceptors (Lipinski definition) is 1. The van der Waals surface area contributed by atoms with Crippen LogP contribution in [0.1, 0.15) is 10.4 Å². The van der Waals surface area contributed by atoms with Crippen LogP contribution in [0.4, 0.5) is 17.6 Å². The van der Waals surface area contributed by atoms with E-state index in [1.54, 1.807) is 0 Å². The summed E-state index contributed by atoms with van der Waals surface area (Å²) in [5.74, 6) is -3.79. The molecule has 0 fully saturated rings. The molecule has 6 heteroatoms. The Labute approximate surface area is 116 Å². The Morgan fingerprint density at radius 3 is 2.38 bits per heavy atom. The van der Waals surface area contributed by atoms with Crippen LogP contribution < -0.4 is 0 Å². The van der Waals surface area contributed by atoms with E-state index in [-0.39, 0.29) is 27.7 Å². The van der Waals surface area contributed by atoms with Crippen LogP contribution in [0, 0.1) is 23.3 Å². The van der Waals surface area contributed by atoms with Gasteiger partial charge in [0.1, 0.15) is 11.6 Å². The third kappa shape index (κ3) is 1.99. The Kier molecular flexibility index (Phi) is 3.01. The molecule has 0 amide bonds. The topological polar surface area (TPSA) is 32.9 Å². The molecule has 0 radical (unpaired) electrons. The van der Waals surface area contributed by atoms with E-state index in [4.69, 9.17) is 0 Å². The van der Waals surface area contributed by atoms with E-state index >= 15 is 0 Å². The van der Waals surface area contributed by atoms with E-state index < -0.39 is 23.3 Å². The molecule has 0 bridgehead atoms. The molecule has 0 saturated heterocycles. The first kappa shape index (κ1) is 13.4. The van der Waals surface area contributed by atoms with Gasteiger partial charge in [0.15, 0.2) is 17.9 Å². The predicted molar refractivity (Wildman–Crippen MR) is 69.0 cm³/mol. The third-order valence-electron chi connectivity index (χ3n) is 3.22. The van der Waals surface area contributed by atoms with Crippen LogP contribution >= 0.6 is 0 Å². The maximum absolute atomic E-state index is 13.8. The number of aromatic nitrogens is 1. The summed E-state index contributed by atoms with van der Waals surface area (Å²) >= 11 is 0. The van der Waals surface area contributed by atoms with Crippen molar-refractivity contribution in [3.63, 3.8) is 0 Å². The van der Waals surface area contributed by atoms with Gasteiger partial charge >= 0.3 is 0 Å². The number of fused-ring (bicyclic) bond motifs is 1. The second-order valence-corrected chi connectivity index (χ2v) is 4.44. The summed E-state index contributed by atoms with van der Waals surface area (Å²) in [6.07, 6.45) is 0.385. The van der Waals surface area contributed by atoms with Crippen LogP contribution in [0.25, 0.3) is 22.2 Å². The Hall–Kier alpha value is -2.63. The van der Waals surface area contributed by atoms with Crippen LogP contribution in [0.15, 0.2) is 30.3 Å². The third-order valence-corrected chi connectivity index (χ3v) is 3.22. The molecule has 2 nitrogen and oxygen atoms in total. The molecular formula is C15H7F4NO. The molecule has 0 saturated carbocycles. The van der Waals surface area contributed by atoms with Crippen molar-refractivity contribution in [3.8, 4) is 11.3 Å². The largest absolute Gasteiger partial charge is 0.351 e. The normalized spacial score (nSPS) is 11.0. The number of nitrogens with one attached hydrogen (secondary N) is 1. The molecule has 0 aliphatic heterocycles. The Bertz CT molecular complexity index is 870. The number of rotatable bonds is 2. The van der Waals surface area contributed by atoms with Crippen molar-refractivity contribution in [1.29, 1.82) is 0 Å². The fourth-order valence-corrected chi connectivity index (χ4v) is 2.25. The highest BCUT2D eigenvalue weighted by Gasteiger charge is 2.19. The van der Waals surface area contributed by atoms with E-state index in [2.05, 4.69) is 4.98 Å². The summed E-state index contributed by atoms with van der Waals surface area (Å²) < 4.78 is 54.0. The van der Waals surface area contributed by atoms with Crippen molar-refractivity contribution in [2.24, 2.45) is 0 Å². The quantitative estimate of drug-likeness (QED) is 0.557. The summed E-state index contributed by atoms with van der Waals surface area (Å²) in [7, 11) is 0. The molecule has 2 aromatic carbocycles. The molecule has 21 heavy (non-hydrogen) atoms. The predicted octanol–water partition coefficient (Wildman–Crippen LogP) is 4.20. The lowest BCUT2D eigenvalue weighted by atomic mass is 10.1. The minimum atomic E-state index is -1.18. The van der Waals surface area contributed by atoms with Crippen LogP contribution in [0.2, 0.25) is 0 Å². The van der Waals surface area contributed by atoms with Gasteiger partial charge in [-0.1, -0.05) is 0 Å². The monoisotopic (exact) mass is 293 g/mol. The number of carbonyl (C=O) groups is 1. The van der Waals surface area contributed by atoms with E-state index in [0.717, 1.165) is 24.3 Å². The molecule has 3 rings (SSSR count). The minimum absolute atomic E-state index is 0.0617. The van der Waals surface area contributed by atoms with Gasteiger partial charge in [0.25, 0.3) is 0 Å². The van der Waals surface area contributed by atoms with Gasteiger partial charge < -0.3 is 4.98 Å². The van der Waals surface area contributed by atoms with Crippen LogP contribution in [-0.2, 0) is 0 Å². The fourth-order valence-electron chi connectivity index (χ4n) is 2.25. The minimum Gasteiger partial charge on any atom is -0.351 e. The highest BCUT2D eigenvalue weighted by Crippen LogP contribution is 2.32. The molecule has 0 spiro atoms. The van der Waals surface area contributed by atoms with Gasteiger partial charge in [0, 0.05) is 16.5 Å². The SMILES string of the molecule is O=Cc1c(-c2cc(F)ccc2F)[nH]c2c(F)c(F)ccc12. The van der Waals surface area contributed by atoms with Gasteiger partial charge in [0.2, 0.25) is 0 Å². The van der Waals surface area contributed by atoms with E-state index in [0.29, 0.717) is 6.29 Å².